The number of hydrogen-bond acceptors (Lipinski definition) is 4. The number of thiazole rings is 1. The molecule has 0 saturated carbocycles. The highest BCUT2D eigenvalue weighted by molar-refractivity contribution is 7.22. The molecule has 1 aromatic heterocycles. The van der Waals surface area contributed by atoms with E-state index in [1.807, 2.05) is 12.1 Å². The van der Waals surface area contributed by atoms with Gasteiger partial charge < -0.3 is 10.6 Å². The van der Waals surface area contributed by atoms with Gasteiger partial charge in [-0.3, -0.25) is 4.79 Å². The predicted octanol–water partition coefficient (Wildman–Crippen LogP) is 2.54. The van der Waals surface area contributed by atoms with Crippen LogP contribution in [0.3, 0.4) is 0 Å². The molecule has 1 saturated heterocycles. The molecular formula is C14H17N3OS. The van der Waals surface area contributed by atoms with Crippen LogP contribution in [0.4, 0.5) is 5.13 Å². The Morgan fingerprint density at radius 2 is 2.42 bits per heavy atom. The van der Waals surface area contributed by atoms with Crippen LogP contribution >= 0.6 is 11.3 Å². The quantitative estimate of drug-likeness (QED) is 0.885. The second-order valence-electron chi connectivity index (χ2n) is 5.02. The van der Waals surface area contributed by atoms with Crippen LogP contribution in [0, 0.1) is 12.8 Å². The summed E-state index contributed by atoms with van der Waals surface area (Å²) in [4.78, 5) is 16.6. The molecule has 1 aliphatic heterocycles. The Morgan fingerprint density at radius 3 is 3.21 bits per heavy atom. The summed E-state index contributed by atoms with van der Waals surface area (Å²) >= 11 is 1.54. The van der Waals surface area contributed by atoms with E-state index >= 15 is 0 Å². The number of amides is 1. The van der Waals surface area contributed by atoms with Gasteiger partial charge >= 0.3 is 0 Å². The molecule has 2 aromatic rings. The van der Waals surface area contributed by atoms with E-state index < -0.39 is 0 Å². The Hall–Kier alpha value is -1.46. The van der Waals surface area contributed by atoms with E-state index in [1.54, 1.807) is 11.3 Å². The van der Waals surface area contributed by atoms with Gasteiger partial charge in [-0.05, 0) is 44.0 Å². The molecule has 1 fully saturated rings. The third-order valence-electron chi connectivity index (χ3n) is 3.44. The Labute approximate surface area is 116 Å². The SMILES string of the molecule is Cc1ccc2nc(NC(=O)C3CCCNC3)sc2c1. The van der Waals surface area contributed by atoms with E-state index in [-0.39, 0.29) is 11.8 Å². The number of benzene rings is 1. The zero-order chi connectivity index (χ0) is 13.2. The first-order valence-electron chi connectivity index (χ1n) is 6.61. The van der Waals surface area contributed by atoms with Crippen LogP contribution in [-0.4, -0.2) is 24.0 Å². The third kappa shape index (κ3) is 2.77. The minimum absolute atomic E-state index is 0.0718. The fraction of sp³-hybridized carbons (Fsp3) is 0.429. The highest BCUT2D eigenvalue weighted by Crippen LogP contribution is 2.27. The average molecular weight is 275 g/mol. The predicted molar refractivity (Wildman–Crippen MR) is 78.6 cm³/mol. The lowest BCUT2D eigenvalue weighted by atomic mass is 9.99. The zero-order valence-corrected chi connectivity index (χ0v) is 11.7. The molecule has 3 rings (SSSR count). The number of piperidine rings is 1. The van der Waals surface area contributed by atoms with Crippen molar-refractivity contribution in [3.05, 3.63) is 23.8 Å². The van der Waals surface area contributed by atoms with Crippen LogP contribution in [-0.2, 0) is 4.79 Å². The number of carbonyl (C=O) groups is 1. The fourth-order valence-electron chi connectivity index (χ4n) is 2.37. The molecule has 0 aliphatic carbocycles. The maximum Gasteiger partial charge on any atom is 0.230 e. The highest BCUT2D eigenvalue weighted by Gasteiger charge is 2.21. The summed E-state index contributed by atoms with van der Waals surface area (Å²) in [5.41, 5.74) is 2.16. The fourth-order valence-corrected chi connectivity index (χ4v) is 3.34. The van der Waals surface area contributed by atoms with Crippen molar-refractivity contribution in [3.8, 4) is 0 Å². The molecule has 2 N–H and O–H groups in total. The van der Waals surface area contributed by atoms with E-state index in [0.29, 0.717) is 5.13 Å². The summed E-state index contributed by atoms with van der Waals surface area (Å²) in [5, 5.41) is 6.91. The first-order chi connectivity index (χ1) is 9.22. The number of fused-ring (bicyclic) bond motifs is 1. The Kier molecular flexibility index (Phi) is 3.48. The molecular weight excluding hydrogens is 258 g/mol. The van der Waals surface area contributed by atoms with Crippen molar-refractivity contribution >= 4 is 32.6 Å². The molecule has 1 unspecified atom stereocenters. The van der Waals surface area contributed by atoms with Crippen LogP contribution < -0.4 is 10.6 Å². The maximum absolute atomic E-state index is 12.1. The third-order valence-corrected chi connectivity index (χ3v) is 4.38. The highest BCUT2D eigenvalue weighted by atomic mass is 32.1. The standard InChI is InChI=1S/C14H17N3OS/c1-9-4-5-11-12(7-9)19-14(16-11)17-13(18)10-3-2-6-15-8-10/h4-5,7,10,15H,2-3,6,8H2,1H3,(H,16,17,18). The van der Waals surface area contributed by atoms with Crippen molar-refractivity contribution < 1.29 is 4.79 Å². The Morgan fingerprint density at radius 1 is 1.53 bits per heavy atom. The molecule has 0 spiro atoms. The van der Waals surface area contributed by atoms with Crippen molar-refractivity contribution in [3.63, 3.8) is 0 Å². The molecule has 0 bridgehead atoms. The van der Waals surface area contributed by atoms with Gasteiger partial charge in [-0.1, -0.05) is 17.4 Å². The summed E-state index contributed by atoms with van der Waals surface area (Å²) in [6.07, 6.45) is 2.03. The van der Waals surface area contributed by atoms with Crippen molar-refractivity contribution in [2.45, 2.75) is 19.8 Å². The van der Waals surface area contributed by atoms with E-state index in [1.165, 1.54) is 5.56 Å². The van der Waals surface area contributed by atoms with Crippen molar-refractivity contribution in [2.24, 2.45) is 5.92 Å². The number of aromatic nitrogens is 1. The molecule has 2 heterocycles. The second-order valence-corrected chi connectivity index (χ2v) is 6.05. The lowest BCUT2D eigenvalue weighted by molar-refractivity contribution is -0.120. The number of carbonyl (C=O) groups excluding carboxylic acids is 1. The summed E-state index contributed by atoms with van der Waals surface area (Å²) in [7, 11) is 0. The van der Waals surface area contributed by atoms with E-state index in [4.69, 9.17) is 0 Å². The summed E-state index contributed by atoms with van der Waals surface area (Å²) in [5.74, 6) is 0.158. The molecule has 0 radical (unpaired) electrons. The number of rotatable bonds is 2. The number of anilines is 1. The zero-order valence-electron chi connectivity index (χ0n) is 10.9. The monoisotopic (exact) mass is 275 g/mol. The lowest BCUT2D eigenvalue weighted by Crippen LogP contribution is -2.37. The van der Waals surface area contributed by atoms with Gasteiger partial charge in [0, 0.05) is 6.54 Å². The Balaban J connectivity index is 1.75. The molecule has 1 aliphatic rings. The number of aryl methyl sites for hydroxylation is 1. The van der Waals surface area contributed by atoms with Crippen LogP contribution in [0.25, 0.3) is 10.2 Å². The van der Waals surface area contributed by atoms with Gasteiger partial charge in [0.15, 0.2) is 5.13 Å². The smallest absolute Gasteiger partial charge is 0.230 e. The average Bonchev–Trinajstić information content (AvgIpc) is 2.81. The molecule has 100 valence electrons. The summed E-state index contributed by atoms with van der Waals surface area (Å²) < 4.78 is 1.12. The van der Waals surface area contributed by atoms with E-state index in [9.17, 15) is 4.79 Å². The second kappa shape index (κ2) is 5.27. The van der Waals surface area contributed by atoms with Crippen molar-refractivity contribution in [2.75, 3.05) is 18.4 Å². The molecule has 1 atom stereocenters. The molecule has 5 heteroatoms. The van der Waals surface area contributed by atoms with Gasteiger partial charge in [-0.25, -0.2) is 4.98 Å². The summed E-state index contributed by atoms with van der Waals surface area (Å²) in [6.45, 7) is 3.85. The first-order valence-corrected chi connectivity index (χ1v) is 7.43. The van der Waals surface area contributed by atoms with Gasteiger partial charge in [0.1, 0.15) is 0 Å². The van der Waals surface area contributed by atoms with Crippen LogP contribution in [0.15, 0.2) is 18.2 Å². The largest absolute Gasteiger partial charge is 0.316 e. The van der Waals surface area contributed by atoms with Gasteiger partial charge in [0.2, 0.25) is 5.91 Å². The van der Waals surface area contributed by atoms with Gasteiger partial charge in [-0.2, -0.15) is 0 Å². The van der Waals surface area contributed by atoms with E-state index in [0.717, 1.165) is 36.1 Å². The number of nitrogens with zero attached hydrogens (tertiary/aromatic N) is 1. The Bertz CT molecular complexity index is 602. The molecule has 1 amide bonds. The van der Waals surface area contributed by atoms with Crippen LogP contribution in [0.1, 0.15) is 18.4 Å². The van der Waals surface area contributed by atoms with Crippen molar-refractivity contribution in [1.29, 1.82) is 0 Å². The number of hydrogen-bond donors (Lipinski definition) is 2. The van der Waals surface area contributed by atoms with Gasteiger partial charge in [-0.15, -0.1) is 0 Å². The van der Waals surface area contributed by atoms with Crippen LogP contribution in [0.5, 0.6) is 0 Å². The molecule has 19 heavy (non-hydrogen) atoms. The minimum atomic E-state index is 0.0718. The summed E-state index contributed by atoms with van der Waals surface area (Å²) in [6, 6.07) is 6.14. The maximum atomic E-state index is 12.1. The van der Waals surface area contributed by atoms with Crippen molar-refractivity contribution in [1.82, 2.24) is 10.3 Å². The topological polar surface area (TPSA) is 54.0 Å². The van der Waals surface area contributed by atoms with E-state index in [2.05, 4.69) is 28.6 Å². The minimum Gasteiger partial charge on any atom is -0.316 e. The van der Waals surface area contributed by atoms with Crippen LogP contribution in [0.2, 0.25) is 0 Å². The van der Waals surface area contributed by atoms with Gasteiger partial charge in [0.25, 0.3) is 0 Å². The normalized spacial score (nSPS) is 19.5. The number of nitrogens with one attached hydrogen (secondary N) is 2. The lowest BCUT2D eigenvalue weighted by Gasteiger charge is -2.21. The first kappa shape index (κ1) is 12.6. The molecule has 1 aromatic carbocycles. The molecule has 4 nitrogen and oxygen atoms in total. The van der Waals surface area contributed by atoms with Gasteiger partial charge in [0.05, 0.1) is 16.1 Å².